The van der Waals surface area contributed by atoms with Crippen molar-refractivity contribution in [2.24, 2.45) is 5.92 Å². The van der Waals surface area contributed by atoms with Crippen molar-refractivity contribution in [1.82, 2.24) is 0 Å². The highest BCUT2D eigenvalue weighted by Crippen LogP contribution is 2.54. The molecule has 2 aliphatic rings. The van der Waals surface area contributed by atoms with Crippen LogP contribution in [0.5, 0.6) is 0 Å². The van der Waals surface area contributed by atoms with Gasteiger partial charge in [0.25, 0.3) is 0 Å². The van der Waals surface area contributed by atoms with E-state index in [0.717, 1.165) is 36.0 Å². The van der Waals surface area contributed by atoms with E-state index >= 15 is 0 Å². The summed E-state index contributed by atoms with van der Waals surface area (Å²) in [5.74, 6) is 0.270. The topological polar surface area (TPSA) is 0 Å². The quantitative estimate of drug-likeness (QED) is 0.131. The molecule has 0 nitrogen and oxygen atoms in total. The number of allylic oxidation sites excluding steroid dienone is 24. The lowest BCUT2D eigenvalue weighted by Crippen LogP contribution is -2.33. The Labute approximate surface area is 309 Å². The summed E-state index contributed by atoms with van der Waals surface area (Å²) < 4.78 is 0. The van der Waals surface area contributed by atoms with Crippen LogP contribution < -0.4 is 0 Å². The summed E-state index contributed by atoms with van der Waals surface area (Å²) in [6, 6.07) is 15.1. The minimum atomic E-state index is -0.248. The third kappa shape index (κ3) is 10.3. The fourth-order valence-electron chi connectivity index (χ4n) is 6.74. The smallest absolute Gasteiger partial charge is 0.0459 e. The van der Waals surface area contributed by atoms with Crippen molar-refractivity contribution < 1.29 is 0 Å². The number of benzene rings is 2. The van der Waals surface area contributed by atoms with Gasteiger partial charge in [-0.05, 0) is 103 Å². The SMILES string of the molecule is C=C/C=C(\C=C)c1cccc(C)c1.C=CCC(/C=C\C)C1(C2=CCCC=C2)C=C(/C=C\C=C/C)c2c(/C=C/C=C\C(=C/C)C(=C)C=C)cccc21. The first kappa shape index (κ1) is 40.0. The number of hydrogen-bond acceptors (Lipinski definition) is 0. The van der Waals surface area contributed by atoms with Crippen LogP contribution in [-0.2, 0) is 5.41 Å². The fourth-order valence-corrected chi connectivity index (χ4v) is 6.74. The molecule has 0 radical (unpaired) electrons. The molecule has 2 unspecified atom stereocenters. The molecule has 51 heavy (non-hydrogen) atoms. The van der Waals surface area contributed by atoms with Crippen LogP contribution in [-0.4, -0.2) is 0 Å². The van der Waals surface area contributed by atoms with Gasteiger partial charge >= 0.3 is 0 Å². The van der Waals surface area contributed by atoms with E-state index in [0.29, 0.717) is 0 Å². The standard InChI is InChI=1S/C38H42.C13H14/c1-7-12-14-24-33-29-38(34(20-8-2)21-9-3,35-26-15-13-16-27-35)36-28-19-25-32(37(33)36)23-18-17-22-31(11-5)30(6)10-4;1-4-7-12(5-2)13-9-6-8-11(3)10-13/h7-12,14-15,17-19,21-29,34H,2,4,6,13,16,20H2,1,3,5H3;4-10H,1-2H2,3H3/b12-7-,21-9-,22-17-,23-18+,24-14-,31-11+;12-7+. The summed E-state index contributed by atoms with van der Waals surface area (Å²) >= 11 is 0. The van der Waals surface area contributed by atoms with Crippen molar-refractivity contribution in [3.8, 4) is 0 Å². The Morgan fingerprint density at radius 3 is 2.29 bits per heavy atom. The summed E-state index contributed by atoms with van der Waals surface area (Å²) in [6.45, 7) is 27.8. The highest BCUT2D eigenvalue weighted by molar-refractivity contribution is 5.90. The van der Waals surface area contributed by atoms with Crippen molar-refractivity contribution in [3.05, 3.63) is 235 Å². The number of rotatable bonds is 15. The van der Waals surface area contributed by atoms with Gasteiger partial charge in [0.05, 0.1) is 0 Å². The van der Waals surface area contributed by atoms with Crippen LogP contribution in [0.25, 0.3) is 17.2 Å². The first-order valence-corrected chi connectivity index (χ1v) is 18.0. The van der Waals surface area contributed by atoms with Gasteiger partial charge in [-0.25, -0.2) is 0 Å². The first-order chi connectivity index (χ1) is 24.8. The van der Waals surface area contributed by atoms with Crippen LogP contribution in [0.15, 0.2) is 208 Å². The van der Waals surface area contributed by atoms with E-state index < -0.39 is 0 Å². The summed E-state index contributed by atoms with van der Waals surface area (Å²) in [7, 11) is 0. The van der Waals surface area contributed by atoms with Crippen LogP contribution in [0.3, 0.4) is 0 Å². The molecule has 260 valence electrons. The van der Waals surface area contributed by atoms with Crippen LogP contribution >= 0.6 is 0 Å². The average Bonchev–Trinajstić information content (AvgIpc) is 3.50. The summed E-state index contributed by atoms with van der Waals surface area (Å²) in [6.07, 6.45) is 45.8. The molecule has 0 aliphatic heterocycles. The molecule has 2 aromatic rings. The Morgan fingerprint density at radius 2 is 1.67 bits per heavy atom. The molecule has 0 heteroatoms. The van der Waals surface area contributed by atoms with Crippen molar-refractivity contribution >= 4 is 17.2 Å². The van der Waals surface area contributed by atoms with Crippen LogP contribution in [0.1, 0.15) is 67.9 Å². The Balaban J connectivity index is 0.000000453. The van der Waals surface area contributed by atoms with Crippen molar-refractivity contribution in [3.63, 3.8) is 0 Å². The average molecular weight is 669 g/mol. The second-order valence-electron chi connectivity index (χ2n) is 12.5. The minimum absolute atomic E-state index is 0.248. The van der Waals surface area contributed by atoms with Gasteiger partial charge in [0.1, 0.15) is 0 Å². The third-order valence-corrected chi connectivity index (χ3v) is 9.16. The highest BCUT2D eigenvalue weighted by atomic mass is 14.5. The molecule has 0 fully saturated rings. The maximum Gasteiger partial charge on any atom is 0.0459 e. The van der Waals surface area contributed by atoms with Crippen LogP contribution in [0, 0.1) is 12.8 Å². The normalized spacial score (nSPS) is 18.1. The number of fused-ring (bicyclic) bond motifs is 1. The molecule has 2 atom stereocenters. The molecule has 4 rings (SSSR count). The lowest BCUT2D eigenvalue weighted by atomic mass is 9.64. The molecular formula is C51H56. The van der Waals surface area contributed by atoms with Crippen molar-refractivity contribution in [2.45, 2.75) is 52.4 Å². The first-order valence-electron chi connectivity index (χ1n) is 18.0. The molecule has 0 saturated heterocycles. The predicted molar refractivity (Wildman–Crippen MR) is 230 cm³/mol. The Morgan fingerprint density at radius 1 is 0.882 bits per heavy atom. The lowest BCUT2D eigenvalue weighted by molar-refractivity contribution is 0.468. The van der Waals surface area contributed by atoms with Gasteiger partial charge in [-0.1, -0.05) is 196 Å². The number of hydrogen-bond donors (Lipinski definition) is 0. The second kappa shape index (κ2) is 20.9. The van der Waals surface area contributed by atoms with E-state index in [-0.39, 0.29) is 11.3 Å². The number of aryl methyl sites for hydroxylation is 1. The van der Waals surface area contributed by atoms with Gasteiger partial charge in [0.2, 0.25) is 0 Å². The lowest BCUT2D eigenvalue weighted by Gasteiger charge is -2.38. The maximum atomic E-state index is 4.12. The van der Waals surface area contributed by atoms with E-state index in [1.165, 1.54) is 39.0 Å². The van der Waals surface area contributed by atoms with Gasteiger partial charge in [-0.3, -0.25) is 0 Å². The Kier molecular flexibility index (Phi) is 16.4. The fraction of sp³-hybridized carbons (Fsp3) is 0.176. The molecule has 0 spiro atoms. The predicted octanol–water partition coefficient (Wildman–Crippen LogP) is 14.5. The molecule has 0 saturated carbocycles. The zero-order chi connectivity index (χ0) is 37.1. The van der Waals surface area contributed by atoms with E-state index in [9.17, 15) is 0 Å². The maximum absolute atomic E-state index is 4.12. The zero-order valence-corrected chi connectivity index (χ0v) is 31.3. The summed E-state index contributed by atoms with van der Waals surface area (Å²) in [5.41, 5.74) is 11.8. The monoisotopic (exact) mass is 668 g/mol. The van der Waals surface area contributed by atoms with E-state index in [1.807, 2.05) is 25.1 Å². The summed E-state index contributed by atoms with van der Waals surface area (Å²) in [4.78, 5) is 0. The highest BCUT2D eigenvalue weighted by Gasteiger charge is 2.45. The molecule has 2 aliphatic carbocycles. The van der Waals surface area contributed by atoms with Crippen molar-refractivity contribution in [2.75, 3.05) is 0 Å². The Hall–Kier alpha value is -5.46. The van der Waals surface area contributed by atoms with E-state index in [4.69, 9.17) is 0 Å². The molecule has 2 aromatic carbocycles. The molecule has 0 N–H and O–H groups in total. The molecule has 0 heterocycles. The van der Waals surface area contributed by atoms with Gasteiger partial charge < -0.3 is 0 Å². The van der Waals surface area contributed by atoms with Gasteiger partial charge in [-0.2, -0.15) is 0 Å². The third-order valence-electron chi connectivity index (χ3n) is 9.16. The van der Waals surface area contributed by atoms with Crippen LogP contribution in [0.4, 0.5) is 0 Å². The Bertz CT molecular complexity index is 1880. The van der Waals surface area contributed by atoms with Gasteiger partial charge in [0.15, 0.2) is 0 Å². The van der Waals surface area contributed by atoms with Crippen LogP contribution in [0.2, 0.25) is 0 Å². The van der Waals surface area contributed by atoms with Crippen molar-refractivity contribution in [1.29, 1.82) is 0 Å². The zero-order valence-electron chi connectivity index (χ0n) is 31.3. The molecule has 0 aromatic heterocycles. The van der Waals surface area contributed by atoms with Gasteiger partial charge in [-0.15, -0.1) is 6.58 Å². The molecular weight excluding hydrogens is 613 g/mol. The van der Waals surface area contributed by atoms with E-state index in [2.05, 4.69) is 187 Å². The molecule has 0 amide bonds. The molecule has 0 bridgehead atoms. The van der Waals surface area contributed by atoms with E-state index in [1.54, 1.807) is 12.2 Å². The second-order valence-corrected chi connectivity index (χ2v) is 12.5. The minimum Gasteiger partial charge on any atom is -0.103 e. The van der Waals surface area contributed by atoms with Gasteiger partial charge in [0, 0.05) is 5.41 Å². The largest absolute Gasteiger partial charge is 0.103 e. The summed E-state index contributed by atoms with van der Waals surface area (Å²) in [5, 5.41) is 0.